The van der Waals surface area contributed by atoms with Gasteiger partial charge in [-0.25, -0.2) is 0 Å². The number of carbonyl (C=O) groups excluding carboxylic acids is 1. The Morgan fingerprint density at radius 3 is 2.88 bits per heavy atom. The van der Waals surface area contributed by atoms with Gasteiger partial charge in [0.15, 0.2) is 0 Å². The van der Waals surface area contributed by atoms with Gasteiger partial charge < -0.3 is 15.4 Å². The van der Waals surface area contributed by atoms with E-state index in [9.17, 15) is 4.79 Å². The highest BCUT2D eigenvalue weighted by molar-refractivity contribution is 5.81. The third-order valence-electron chi connectivity index (χ3n) is 2.77. The van der Waals surface area contributed by atoms with E-state index in [0.29, 0.717) is 11.6 Å². The molecule has 0 spiro atoms. The molecule has 1 aliphatic rings. The van der Waals surface area contributed by atoms with Crippen molar-refractivity contribution in [2.45, 2.75) is 12.5 Å². The molecule has 1 heterocycles. The summed E-state index contributed by atoms with van der Waals surface area (Å²) in [7, 11) is 5.05. The van der Waals surface area contributed by atoms with E-state index in [0.717, 1.165) is 6.42 Å². The summed E-state index contributed by atoms with van der Waals surface area (Å²) in [4.78, 5) is 13.3. The zero-order valence-electron chi connectivity index (χ0n) is 9.67. The molecular formula is C10H16N4O2. The molecule has 0 unspecified atom stereocenters. The predicted octanol–water partition coefficient (Wildman–Crippen LogP) is 0.123. The number of aromatic nitrogens is 2. The lowest BCUT2D eigenvalue weighted by molar-refractivity contribution is -0.130. The molecule has 0 saturated heterocycles. The molecule has 0 radical (unpaired) electrons. The van der Waals surface area contributed by atoms with Gasteiger partial charge in [-0.2, -0.15) is 0 Å². The lowest BCUT2D eigenvalue weighted by atomic mass is 10.3. The maximum atomic E-state index is 11.7. The van der Waals surface area contributed by atoms with E-state index in [-0.39, 0.29) is 17.9 Å². The zero-order valence-corrected chi connectivity index (χ0v) is 9.67. The summed E-state index contributed by atoms with van der Waals surface area (Å²) in [6, 6.07) is 0.126. The summed E-state index contributed by atoms with van der Waals surface area (Å²) < 4.78 is 6.72. The lowest BCUT2D eigenvalue weighted by Gasteiger charge is -2.09. The normalized spacial score (nSPS) is 22.9. The largest absolute Gasteiger partial charge is 0.478 e. The number of hydrogen-bond acceptors (Lipinski definition) is 4. The number of anilines is 1. The monoisotopic (exact) mass is 224 g/mol. The summed E-state index contributed by atoms with van der Waals surface area (Å²) in [6.07, 6.45) is 2.54. The van der Waals surface area contributed by atoms with E-state index in [4.69, 9.17) is 10.5 Å². The van der Waals surface area contributed by atoms with E-state index >= 15 is 0 Å². The Morgan fingerprint density at radius 2 is 2.38 bits per heavy atom. The summed E-state index contributed by atoms with van der Waals surface area (Å²) in [6.45, 7) is 0. The van der Waals surface area contributed by atoms with Crippen molar-refractivity contribution in [3.63, 3.8) is 0 Å². The second-order valence-corrected chi connectivity index (χ2v) is 4.22. The predicted molar refractivity (Wildman–Crippen MR) is 59.0 cm³/mol. The summed E-state index contributed by atoms with van der Waals surface area (Å²) in [5.41, 5.74) is 6.20. The molecule has 16 heavy (non-hydrogen) atoms. The molecule has 2 rings (SSSR count). The first-order chi connectivity index (χ1) is 7.54. The minimum Gasteiger partial charge on any atom is -0.478 e. The second-order valence-electron chi connectivity index (χ2n) is 4.22. The number of hydrogen-bond donors (Lipinski definition) is 1. The number of nitrogens with zero attached hydrogens (tertiary/aromatic N) is 3. The molecular weight excluding hydrogens is 208 g/mol. The molecule has 0 aromatic carbocycles. The number of ether oxygens (including phenoxy) is 1. The Kier molecular flexibility index (Phi) is 2.49. The summed E-state index contributed by atoms with van der Waals surface area (Å²) in [5.74, 6) is 0.583. The van der Waals surface area contributed by atoms with E-state index < -0.39 is 0 Å². The van der Waals surface area contributed by atoms with Crippen LogP contribution in [0.15, 0.2) is 6.20 Å². The minimum atomic E-state index is 0.0269. The topological polar surface area (TPSA) is 73.4 Å². The molecule has 88 valence electrons. The van der Waals surface area contributed by atoms with Crippen molar-refractivity contribution in [1.29, 1.82) is 0 Å². The second kappa shape index (κ2) is 3.70. The Balaban J connectivity index is 2.08. The van der Waals surface area contributed by atoms with Crippen LogP contribution in [-0.4, -0.2) is 41.8 Å². The van der Waals surface area contributed by atoms with Crippen LogP contribution in [0.1, 0.15) is 12.5 Å². The number of carbonyl (C=O) groups is 1. The molecule has 2 N–H and O–H groups in total. The number of amides is 1. The van der Waals surface area contributed by atoms with E-state index in [1.807, 2.05) is 0 Å². The fourth-order valence-corrected chi connectivity index (χ4v) is 1.79. The highest BCUT2D eigenvalue weighted by atomic mass is 16.5. The van der Waals surface area contributed by atoms with E-state index in [1.54, 1.807) is 29.9 Å². The average molecular weight is 224 g/mol. The lowest BCUT2D eigenvalue weighted by Crippen LogP contribution is -2.24. The maximum absolute atomic E-state index is 11.7. The molecule has 6 nitrogen and oxygen atoms in total. The van der Waals surface area contributed by atoms with Crippen LogP contribution in [0.5, 0.6) is 5.88 Å². The third-order valence-corrected chi connectivity index (χ3v) is 2.77. The van der Waals surface area contributed by atoms with Crippen molar-refractivity contribution < 1.29 is 9.53 Å². The zero-order chi connectivity index (χ0) is 11.9. The Bertz CT molecular complexity index is 413. The van der Waals surface area contributed by atoms with Gasteiger partial charge in [0.2, 0.25) is 5.91 Å². The summed E-state index contributed by atoms with van der Waals surface area (Å²) >= 11 is 0. The van der Waals surface area contributed by atoms with Gasteiger partial charge in [-0.15, -0.1) is 5.10 Å². The smallest absolute Gasteiger partial charge is 0.256 e. The van der Waals surface area contributed by atoms with Crippen molar-refractivity contribution in [3.8, 4) is 5.88 Å². The van der Waals surface area contributed by atoms with Gasteiger partial charge in [0.1, 0.15) is 5.69 Å². The van der Waals surface area contributed by atoms with E-state index in [1.165, 1.54) is 7.11 Å². The fraction of sp³-hybridized carbons (Fsp3) is 0.600. The molecule has 1 aromatic heterocycles. The van der Waals surface area contributed by atoms with Gasteiger partial charge in [-0.05, 0) is 6.42 Å². The first-order valence-electron chi connectivity index (χ1n) is 5.14. The van der Waals surface area contributed by atoms with Gasteiger partial charge in [-0.3, -0.25) is 9.48 Å². The van der Waals surface area contributed by atoms with Crippen molar-refractivity contribution in [1.82, 2.24) is 14.7 Å². The Morgan fingerprint density at radius 1 is 1.69 bits per heavy atom. The standard InChI is InChI=1S/C10H16N4O2/c1-13(2)10(15)6-4-8(6)14-5-7(11)9(12-14)16-3/h5-6,8H,4,11H2,1-3H3/t6-,8-/m1/s1. The van der Waals surface area contributed by atoms with Crippen LogP contribution >= 0.6 is 0 Å². The minimum absolute atomic E-state index is 0.0269. The van der Waals surface area contributed by atoms with Gasteiger partial charge in [0.25, 0.3) is 5.88 Å². The molecule has 1 saturated carbocycles. The fourth-order valence-electron chi connectivity index (χ4n) is 1.79. The molecule has 0 bridgehead atoms. The first kappa shape index (κ1) is 10.8. The van der Waals surface area contributed by atoms with Crippen LogP contribution < -0.4 is 10.5 Å². The first-order valence-corrected chi connectivity index (χ1v) is 5.14. The summed E-state index contributed by atoms with van der Waals surface area (Å²) in [5, 5.41) is 4.18. The van der Waals surface area contributed by atoms with Crippen LogP contribution in [0, 0.1) is 5.92 Å². The number of methoxy groups -OCH3 is 1. The third kappa shape index (κ3) is 1.70. The van der Waals surface area contributed by atoms with E-state index in [2.05, 4.69) is 5.10 Å². The van der Waals surface area contributed by atoms with Gasteiger partial charge >= 0.3 is 0 Å². The van der Waals surface area contributed by atoms with Gasteiger partial charge in [-0.1, -0.05) is 0 Å². The molecule has 6 heteroatoms. The molecule has 0 aliphatic heterocycles. The van der Waals surface area contributed by atoms with Crippen molar-refractivity contribution >= 4 is 11.6 Å². The number of rotatable bonds is 3. The SMILES string of the molecule is COc1nn([C@@H]2C[C@H]2C(=O)N(C)C)cc1N. The average Bonchev–Trinajstić information content (AvgIpc) is 2.95. The van der Waals surface area contributed by atoms with Crippen molar-refractivity contribution in [2.24, 2.45) is 5.92 Å². The Labute approximate surface area is 94.0 Å². The highest BCUT2D eigenvalue weighted by Gasteiger charge is 2.46. The molecule has 1 fully saturated rings. The molecule has 2 atom stereocenters. The molecule has 1 aliphatic carbocycles. The van der Waals surface area contributed by atoms with Crippen LogP contribution in [-0.2, 0) is 4.79 Å². The quantitative estimate of drug-likeness (QED) is 0.791. The van der Waals surface area contributed by atoms with Crippen molar-refractivity contribution in [3.05, 3.63) is 6.20 Å². The molecule has 1 aromatic rings. The number of nitrogen functional groups attached to an aromatic ring is 1. The molecule has 1 amide bonds. The Hall–Kier alpha value is -1.72. The van der Waals surface area contributed by atoms with Crippen molar-refractivity contribution in [2.75, 3.05) is 26.9 Å². The van der Waals surface area contributed by atoms with Crippen LogP contribution in [0.3, 0.4) is 0 Å². The van der Waals surface area contributed by atoms with Crippen LogP contribution in [0.2, 0.25) is 0 Å². The van der Waals surface area contributed by atoms with Gasteiger partial charge in [0.05, 0.1) is 25.3 Å². The van der Waals surface area contributed by atoms with Crippen LogP contribution in [0.4, 0.5) is 5.69 Å². The highest BCUT2D eigenvalue weighted by Crippen LogP contribution is 2.44. The van der Waals surface area contributed by atoms with Gasteiger partial charge in [0, 0.05) is 14.1 Å². The van der Waals surface area contributed by atoms with Crippen LogP contribution in [0.25, 0.3) is 0 Å². The number of nitrogens with two attached hydrogens (primary N) is 1. The maximum Gasteiger partial charge on any atom is 0.256 e.